The molecular formula is C20H22N6O. The summed E-state index contributed by atoms with van der Waals surface area (Å²) in [5, 5.41) is 0. The SMILES string of the molecule is O=C(Cn1c(C2CC2)nc2ccccc21)N1CCN(c2cnccn2)CC1. The molecule has 3 aromatic rings. The van der Waals surface area contributed by atoms with E-state index in [4.69, 9.17) is 4.98 Å². The number of piperazine rings is 1. The molecule has 7 nitrogen and oxygen atoms in total. The minimum Gasteiger partial charge on any atom is -0.352 e. The van der Waals surface area contributed by atoms with Crippen molar-refractivity contribution >= 4 is 22.8 Å². The fourth-order valence-corrected chi connectivity index (χ4v) is 3.79. The number of hydrogen-bond donors (Lipinski definition) is 0. The molecule has 1 aliphatic carbocycles. The molecule has 2 aromatic heterocycles. The van der Waals surface area contributed by atoms with E-state index in [1.807, 2.05) is 23.1 Å². The maximum Gasteiger partial charge on any atom is 0.242 e. The molecule has 0 unspecified atom stereocenters. The van der Waals surface area contributed by atoms with Crippen molar-refractivity contribution in [2.45, 2.75) is 25.3 Å². The number of hydrogen-bond acceptors (Lipinski definition) is 5. The lowest BCUT2D eigenvalue weighted by molar-refractivity contribution is -0.132. The molecule has 138 valence electrons. The fourth-order valence-electron chi connectivity index (χ4n) is 3.79. The quantitative estimate of drug-likeness (QED) is 0.711. The zero-order valence-corrected chi connectivity index (χ0v) is 15.2. The Morgan fingerprint density at radius 3 is 2.63 bits per heavy atom. The van der Waals surface area contributed by atoms with Crippen molar-refractivity contribution < 1.29 is 4.79 Å². The van der Waals surface area contributed by atoms with Gasteiger partial charge in [0.05, 0.1) is 17.2 Å². The van der Waals surface area contributed by atoms with Crippen molar-refractivity contribution in [2.24, 2.45) is 0 Å². The molecule has 0 radical (unpaired) electrons. The lowest BCUT2D eigenvalue weighted by atomic mass is 10.3. The smallest absolute Gasteiger partial charge is 0.242 e. The van der Waals surface area contributed by atoms with Crippen molar-refractivity contribution in [3.63, 3.8) is 0 Å². The van der Waals surface area contributed by atoms with Gasteiger partial charge < -0.3 is 14.4 Å². The lowest BCUT2D eigenvalue weighted by Crippen LogP contribution is -2.49. The van der Waals surface area contributed by atoms with Crippen LogP contribution in [0.3, 0.4) is 0 Å². The monoisotopic (exact) mass is 362 g/mol. The van der Waals surface area contributed by atoms with E-state index in [-0.39, 0.29) is 5.91 Å². The second kappa shape index (κ2) is 6.64. The number of benzene rings is 1. The minimum atomic E-state index is 0.166. The molecule has 1 amide bonds. The Labute approximate surface area is 157 Å². The summed E-state index contributed by atoms with van der Waals surface area (Å²) < 4.78 is 2.13. The molecule has 7 heteroatoms. The molecule has 5 rings (SSSR count). The maximum absolute atomic E-state index is 13.0. The third-order valence-electron chi connectivity index (χ3n) is 5.43. The topological polar surface area (TPSA) is 67.2 Å². The van der Waals surface area contributed by atoms with E-state index in [1.165, 1.54) is 12.8 Å². The number of aromatic nitrogens is 4. The predicted octanol–water partition coefficient (Wildman–Crippen LogP) is 2.05. The van der Waals surface area contributed by atoms with E-state index < -0.39 is 0 Å². The number of carbonyl (C=O) groups is 1. The fraction of sp³-hybridized carbons (Fsp3) is 0.400. The van der Waals surface area contributed by atoms with Crippen LogP contribution >= 0.6 is 0 Å². The molecule has 1 saturated heterocycles. The van der Waals surface area contributed by atoms with Crippen LogP contribution in [0.25, 0.3) is 11.0 Å². The molecule has 3 heterocycles. The van der Waals surface area contributed by atoms with Crippen molar-refractivity contribution in [3.05, 3.63) is 48.7 Å². The molecular weight excluding hydrogens is 340 g/mol. The van der Waals surface area contributed by atoms with Gasteiger partial charge in [-0.1, -0.05) is 12.1 Å². The number of anilines is 1. The van der Waals surface area contributed by atoms with Gasteiger partial charge in [0, 0.05) is 44.5 Å². The summed E-state index contributed by atoms with van der Waals surface area (Å²) in [5.41, 5.74) is 2.05. The number of amides is 1. The average Bonchev–Trinajstić information content (AvgIpc) is 3.51. The van der Waals surface area contributed by atoms with Gasteiger partial charge in [-0.3, -0.25) is 9.78 Å². The second-order valence-electron chi connectivity index (χ2n) is 7.25. The Balaban J connectivity index is 1.30. The molecule has 0 atom stereocenters. The van der Waals surface area contributed by atoms with Gasteiger partial charge in [-0.05, 0) is 25.0 Å². The van der Waals surface area contributed by atoms with E-state index in [0.717, 1.165) is 35.8 Å². The predicted molar refractivity (Wildman–Crippen MR) is 103 cm³/mol. The Hall–Kier alpha value is -2.96. The van der Waals surface area contributed by atoms with Crippen LogP contribution in [-0.4, -0.2) is 56.5 Å². The summed E-state index contributed by atoms with van der Waals surface area (Å²) in [6.07, 6.45) is 7.51. The molecule has 2 fully saturated rings. The van der Waals surface area contributed by atoms with Crippen LogP contribution in [0.5, 0.6) is 0 Å². The number of fused-ring (bicyclic) bond motifs is 1. The molecule has 2 aliphatic rings. The van der Waals surface area contributed by atoms with E-state index in [2.05, 4.69) is 25.5 Å². The van der Waals surface area contributed by atoms with Gasteiger partial charge >= 0.3 is 0 Å². The molecule has 0 N–H and O–H groups in total. The van der Waals surface area contributed by atoms with Crippen molar-refractivity contribution in [2.75, 3.05) is 31.1 Å². The summed E-state index contributed by atoms with van der Waals surface area (Å²) in [7, 11) is 0. The molecule has 1 aliphatic heterocycles. The van der Waals surface area contributed by atoms with Crippen LogP contribution in [0.2, 0.25) is 0 Å². The van der Waals surface area contributed by atoms with Crippen LogP contribution in [0, 0.1) is 0 Å². The largest absolute Gasteiger partial charge is 0.352 e. The Morgan fingerprint density at radius 1 is 1.07 bits per heavy atom. The lowest BCUT2D eigenvalue weighted by Gasteiger charge is -2.35. The molecule has 0 spiro atoms. The molecule has 1 saturated carbocycles. The van der Waals surface area contributed by atoms with E-state index in [9.17, 15) is 4.79 Å². The first-order valence-corrected chi connectivity index (χ1v) is 9.53. The van der Waals surface area contributed by atoms with Crippen LogP contribution in [0.15, 0.2) is 42.9 Å². The summed E-state index contributed by atoms with van der Waals surface area (Å²) in [4.78, 5) is 30.4. The highest BCUT2D eigenvalue weighted by Crippen LogP contribution is 2.40. The van der Waals surface area contributed by atoms with E-state index in [1.54, 1.807) is 18.6 Å². The maximum atomic E-state index is 13.0. The standard InChI is InChI=1S/C20H22N6O/c27-19(25-11-9-24(10-12-25)18-13-21-7-8-22-18)14-26-17-4-2-1-3-16(17)23-20(26)15-5-6-15/h1-4,7-8,13,15H,5-6,9-12,14H2. The zero-order chi connectivity index (χ0) is 18.2. The van der Waals surface area contributed by atoms with Gasteiger partial charge in [-0.15, -0.1) is 0 Å². The van der Waals surface area contributed by atoms with Crippen LogP contribution in [0.1, 0.15) is 24.6 Å². The van der Waals surface area contributed by atoms with E-state index >= 15 is 0 Å². The van der Waals surface area contributed by atoms with Gasteiger partial charge in [0.15, 0.2) is 0 Å². The summed E-state index contributed by atoms with van der Waals surface area (Å²) in [5.74, 6) is 2.63. The molecule has 1 aromatic carbocycles. The van der Waals surface area contributed by atoms with Crippen molar-refractivity contribution in [3.8, 4) is 0 Å². The summed E-state index contributed by atoms with van der Waals surface area (Å²) >= 11 is 0. The van der Waals surface area contributed by atoms with Crippen LogP contribution in [0.4, 0.5) is 5.82 Å². The molecule has 27 heavy (non-hydrogen) atoms. The summed E-state index contributed by atoms with van der Waals surface area (Å²) in [6.45, 7) is 3.36. The van der Waals surface area contributed by atoms with Gasteiger partial charge in [0.1, 0.15) is 18.2 Å². The van der Waals surface area contributed by atoms with Crippen LogP contribution < -0.4 is 4.90 Å². The summed E-state index contributed by atoms with van der Waals surface area (Å²) in [6, 6.07) is 8.11. The van der Waals surface area contributed by atoms with Gasteiger partial charge in [0.2, 0.25) is 5.91 Å². The number of imidazole rings is 1. The number of nitrogens with zero attached hydrogens (tertiary/aromatic N) is 6. The third kappa shape index (κ3) is 3.13. The van der Waals surface area contributed by atoms with Gasteiger partial charge in [-0.2, -0.15) is 0 Å². The minimum absolute atomic E-state index is 0.166. The number of carbonyl (C=O) groups excluding carboxylic acids is 1. The first-order valence-electron chi connectivity index (χ1n) is 9.53. The van der Waals surface area contributed by atoms with Crippen molar-refractivity contribution in [1.29, 1.82) is 0 Å². The highest BCUT2D eigenvalue weighted by atomic mass is 16.2. The van der Waals surface area contributed by atoms with E-state index in [0.29, 0.717) is 25.6 Å². The first-order chi connectivity index (χ1) is 13.3. The number of rotatable bonds is 4. The Bertz CT molecular complexity index is 957. The average molecular weight is 362 g/mol. The number of para-hydroxylation sites is 2. The molecule has 0 bridgehead atoms. The van der Waals surface area contributed by atoms with Gasteiger partial charge in [0.25, 0.3) is 0 Å². The Kier molecular flexibility index (Phi) is 3.99. The highest BCUT2D eigenvalue weighted by Gasteiger charge is 2.31. The normalized spacial score (nSPS) is 17.5. The highest BCUT2D eigenvalue weighted by molar-refractivity contribution is 5.81. The first kappa shape index (κ1) is 16.2. The van der Waals surface area contributed by atoms with Crippen LogP contribution in [-0.2, 0) is 11.3 Å². The second-order valence-corrected chi connectivity index (χ2v) is 7.25. The van der Waals surface area contributed by atoms with Gasteiger partial charge in [-0.25, -0.2) is 9.97 Å². The van der Waals surface area contributed by atoms with Crippen molar-refractivity contribution in [1.82, 2.24) is 24.4 Å². The third-order valence-corrected chi connectivity index (χ3v) is 5.43. The zero-order valence-electron chi connectivity index (χ0n) is 15.2. The Morgan fingerprint density at radius 2 is 1.89 bits per heavy atom.